The fourth-order valence-electron chi connectivity index (χ4n) is 3.33. The molecule has 0 atom stereocenters. The first-order chi connectivity index (χ1) is 15.3. The van der Waals surface area contributed by atoms with E-state index in [9.17, 15) is 9.59 Å². The van der Waals surface area contributed by atoms with Crippen molar-refractivity contribution in [1.82, 2.24) is 4.90 Å². The Bertz CT molecular complexity index is 917. The summed E-state index contributed by atoms with van der Waals surface area (Å²) < 4.78 is 21.5. The van der Waals surface area contributed by atoms with E-state index in [1.807, 2.05) is 18.0 Å². The van der Waals surface area contributed by atoms with Crippen LogP contribution < -0.4 is 29.6 Å². The number of primary amides is 1. The van der Waals surface area contributed by atoms with Crippen LogP contribution in [0.3, 0.4) is 0 Å². The number of hydrogen-bond acceptors (Lipinski definition) is 7. The van der Waals surface area contributed by atoms with Gasteiger partial charge in [0.05, 0.1) is 35.0 Å². The van der Waals surface area contributed by atoms with Crippen LogP contribution >= 0.6 is 0 Å². The van der Waals surface area contributed by atoms with E-state index >= 15 is 0 Å². The number of carbonyl (C=O) groups excluding carboxylic acids is 2. The Hall–Kier alpha value is -3.46. The van der Waals surface area contributed by atoms with Crippen molar-refractivity contribution in [3.8, 4) is 23.0 Å². The van der Waals surface area contributed by atoms with Crippen molar-refractivity contribution in [1.29, 1.82) is 0 Å². The van der Waals surface area contributed by atoms with Gasteiger partial charge in [0.15, 0.2) is 11.5 Å². The second kappa shape index (κ2) is 11.8. The highest BCUT2D eigenvalue weighted by Crippen LogP contribution is 2.40. The summed E-state index contributed by atoms with van der Waals surface area (Å²) in [6, 6.07) is 10.7. The van der Waals surface area contributed by atoms with Crippen LogP contribution in [0.25, 0.3) is 0 Å². The van der Waals surface area contributed by atoms with E-state index in [-0.39, 0.29) is 25.4 Å². The number of nitrogens with two attached hydrogens (primary N) is 1. The number of rotatable bonds is 12. The van der Waals surface area contributed by atoms with E-state index in [2.05, 4.69) is 0 Å². The van der Waals surface area contributed by atoms with Crippen LogP contribution in [0.5, 0.6) is 23.0 Å². The third kappa shape index (κ3) is 6.27. The van der Waals surface area contributed by atoms with Crippen LogP contribution in [0, 0.1) is 0 Å². The van der Waals surface area contributed by atoms with Gasteiger partial charge >= 0.3 is 0 Å². The predicted molar refractivity (Wildman–Crippen MR) is 122 cm³/mol. The molecule has 0 spiro atoms. The first-order valence-electron chi connectivity index (χ1n) is 10.0. The number of methoxy groups -OCH3 is 4. The number of benzene rings is 2. The minimum Gasteiger partial charge on any atom is -0.497 e. The highest BCUT2D eigenvalue weighted by molar-refractivity contribution is 5.95. The maximum atomic E-state index is 13.1. The molecule has 2 amide bonds. The lowest BCUT2D eigenvalue weighted by Crippen LogP contribution is -2.40. The Balaban J connectivity index is 2.19. The molecule has 174 valence electrons. The van der Waals surface area contributed by atoms with Crippen molar-refractivity contribution in [2.75, 3.05) is 53.5 Å². The normalized spacial score (nSPS) is 10.6. The molecule has 2 N–H and O–H groups in total. The summed E-state index contributed by atoms with van der Waals surface area (Å²) in [4.78, 5) is 27.8. The van der Waals surface area contributed by atoms with Crippen molar-refractivity contribution in [3.05, 3.63) is 42.0 Å². The van der Waals surface area contributed by atoms with Gasteiger partial charge in [0.2, 0.25) is 17.6 Å². The number of carbonyl (C=O) groups is 2. The van der Waals surface area contributed by atoms with Crippen molar-refractivity contribution in [2.45, 2.75) is 13.0 Å². The molecule has 9 nitrogen and oxygen atoms in total. The zero-order valence-electron chi connectivity index (χ0n) is 19.2. The Morgan fingerprint density at radius 2 is 1.53 bits per heavy atom. The number of hydrogen-bond donors (Lipinski definition) is 1. The molecule has 2 aromatic carbocycles. The standard InChI is InChI=1S/C23H31N3O6/c1-25(14-16-6-11-19(30-3)23(32-5)22(16)31-4)15-21(28)26(13-12-20(24)27)17-7-9-18(29-2)10-8-17/h6-11H,12-15H2,1-5H3,(H2,24,27). The number of ether oxygens (including phenoxy) is 4. The van der Waals surface area contributed by atoms with E-state index < -0.39 is 5.91 Å². The van der Waals surface area contributed by atoms with E-state index in [0.717, 1.165) is 5.56 Å². The molecular formula is C23H31N3O6. The number of likely N-dealkylation sites (N-methyl/N-ethyl adjacent to an activating group) is 1. The van der Waals surface area contributed by atoms with E-state index in [1.165, 1.54) is 0 Å². The summed E-state index contributed by atoms with van der Waals surface area (Å²) in [6.45, 7) is 0.734. The van der Waals surface area contributed by atoms with E-state index in [1.54, 1.807) is 63.7 Å². The van der Waals surface area contributed by atoms with Gasteiger partial charge in [-0.1, -0.05) is 6.07 Å². The lowest BCUT2D eigenvalue weighted by atomic mass is 10.1. The lowest BCUT2D eigenvalue weighted by Gasteiger charge is -2.26. The molecule has 9 heteroatoms. The molecule has 2 aromatic rings. The molecule has 32 heavy (non-hydrogen) atoms. The van der Waals surface area contributed by atoms with Gasteiger partial charge in [-0.2, -0.15) is 0 Å². The molecule has 0 aromatic heterocycles. The fourth-order valence-corrected chi connectivity index (χ4v) is 3.33. The van der Waals surface area contributed by atoms with Crippen LogP contribution in [0.2, 0.25) is 0 Å². The molecule has 0 unspecified atom stereocenters. The number of anilines is 1. The van der Waals surface area contributed by atoms with Crippen LogP contribution in [0.4, 0.5) is 5.69 Å². The molecule has 0 bridgehead atoms. The van der Waals surface area contributed by atoms with Gasteiger partial charge in [-0.05, 0) is 37.4 Å². The van der Waals surface area contributed by atoms with E-state index in [0.29, 0.717) is 35.2 Å². The van der Waals surface area contributed by atoms with Crippen molar-refractivity contribution < 1.29 is 28.5 Å². The topological polar surface area (TPSA) is 104 Å². The first-order valence-corrected chi connectivity index (χ1v) is 10.0. The summed E-state index contributed by atoms with van der Waals surface area (Å²) in [7, 11) is 8.06. The molecule has 0 aliphatic heterocycles. The van der Waals surface area contributed by atoms with E-state index in [4.69, 9.17) is 24.7 Å². The van der Waals surface area contributed by atoms with Crippen LogP contribution in [0.1, 0.15) is 12.0 Å². The Kier molecular flexibility index (Phi) is 9.15. The zero-order chi connectivity index (χ0) is 23.7. The van der Waals surface area contributed by atoms with Gasteiger partial charge in [0.1, 0.15) is 5.75 Å². The van der Waals surface area contributed by atoms with Gasteiger partial charge in [-0.25, -0.2) is 0 Å². The maximum absolute atomic E-state index is 13.1. The second-order valence-corrected chi connectivity index (χ2v) is 7.13. The summed E-state index contributed by atoms with van der Waals surface area (Å²) in [5.74, 6) is 1.64. The van der Waals surface area contributed by atoms with Gasteiger partial charge in [-0.3, -0.25) is 14.5 Å². The fraction of sp³-hybridized carbons (Fsp3) is 0.391. The quantitative estimate of drug-likeness (QED) is 0.533. The van der Waals surface area contributed by atoms with Crippen molar-refractivity contribution >= 4 is 17.5 Å². The highest BCUT2D eigenvalue weighted by Gasteiger charge is 2.21. The monoisotopic (exact) mass is 445 g/mol. The molecule has 0 aliphatic rings. The zero-order valence-corrected chi connectivity index (χ0v) is 19.2. The van der Waals surface area contributed by atoms with Crippen LogP contribution in [0.15, 0.2) is 36.4 Å². The van der Waals surface area contributed by atoms with Gasteiger partial charge in [0, 0.05) is 30.8 Å². The highest BCUT2D eigenvalue weighted by atomic mass is 16.5. The molecule has 0 saturated carbocycles. The smallest absolute Gasteiger partial charge is 0.241 e. The number of amides is 2. The summed E-state index contributed by atoms with van der Waals surface area (Å²) in [5.41, 5.74) is 6.81. The summed E-state index contributed by atoms with van der Waals surface area (Å²) in [5, 5.41) is 0. The molecule has 0 heterocycles. The summed E-state index contributed by atoms with van der Waals surface area (Å²) in [6.07, 6.45) is 0.0605. The SMILES string of the molecule is COc1ccc(N(CCC(N)=O)C(=O)CN(C)Cc2ccc(OC)c(OC)c2OC)cc1. The first kappa shape index (κ1) is 24.8. The molecule has 0 saturated heterocycles. The van der Waals surface area contributed by atoms with Gasteiger partial charge in [-0.15, -0.1) is 0 Å². The average molecular weight is 446 g/mol. The average Bonchev–Trinajstić information content (AvgIpc) is 2.78. The van der Waals surface area contributed by atoms with Crippen LogP contribution in [-0.2, 0) is 16.1 Å². The predicted octanol–water partition coefficient (Wildman–Crippen LogP) is 2.06. The lowest BCUT2D eigenvalue weighted by molar-refractivity contribution is -0.120. The van der Waals surface area contributed by atoms with Gasteiger partial charge < -0.3 is 29.6 Å². The minimum atomic E-state index is -0.472. The molecule has 2 rings (SSSR count). The second-order valence-electron chi connectivity index (χ2n) is 7.13. The van der Waals surface area contributed by atoms with Crippen LogP contribution in [-0.4, -0.2) is 65.3 Å². The summed E-state index contributed by atoms with van der Waals surface area (Å²) >= 11 is 0. The molecular weight excluding hydrogens is 414 g/mol. The molecule has 0 aliphatic carbocycles. The Morgan fingerprint density at radius 3 is 2.06 bits per heavy atom. The number of nitrogens with zero attached hydrogens (tertiary/aromatic N) is 2. The Labute approximate surface area is 188 Å². The molecule has 0 radical (unpaired) electrons. The molecule has 0 fully saturated rings. The third-order valence-corrected chi connectivity index (χ3v) is 4.90. The van der Waals surface area contributed by atoms with Crippen molar-refractivity contribution in [2.24, 2.45) is 5.73 Å². The maximum Gasteiger partial charge on any atom is 0.241 e. The Morgan fingerprint density at radius 1 is 0.875 bits per heavy atom. The van der Waals surface area contributed by atoms with Gasteiger partial charge in [0.25, 0.3) is 0 Å². The minimum absolute atomic E-state index is 0.0605. The van der Waals surface area contributed by atoms with Crippen molar-refractivity contribution in [3.63, 3.8) is 0 Å². The third-order valence-electron chi connectivity index (χ3n) is 4.90. The largest absolute Gasteiger partial charge is 0.497 e.